The van der Waals surface area contributed by atoms with Crippen molar-refractivity contribution in [1.29, 1.82) is 0 Å². The van der Waals surface area contributed by atoms with Crippen molar-refractivity contribution < 1.29 is 14.3 Å². The Morgan fingerprint density at radius 3 is 2.37 bits per heavy atom. The summed E-state index contributed by atoms with van der Waals surface area (Å²) in [7, 11) is 1.65. The normalized spacial score (nSPS) is 19.3. The number of ether oxygens (including phenoxy) is 1. The molecule has 1 aromatic rings. The highest BCUT2D eigenvalue weighted by molar-refractivity contribution is 6.30. The SMILES string of the molecule is COCC1(C(=O)N2CCN(C(=O)c3cccc(Cl)c3)CC2)CCNCC1.Cl. The van der Waals surface area contributed by atoms with E-state index in [0.29, 0.717) is 43.4 Å². The van der Waals surface area contributed by atoms with Gasteiger partial charge in [0.15, 0.2) is 0 Å². The highest BCUT2D eigenvalue weighted by Gasteiger charge is 2.43. The summed E-state index contributed by atoms with van der Waals surface area (Å²) in [5.41, 5.74) is 0.158. The smallest absolute Gasteiger partial charge is 0.254 e. The zero-order valence-electron chi connectivity index (χ0n) is 15.6. The van der Waals surface area contributed by atoms with Crippen LogP contribution in [0.25, 0.3) is 0 Å². The predicted molar refractivity (Wildman–Crippen MR) is 108 cm³/mol. The van der Waals surface area contributed by atoms with Crippen LogP contribution in [0.1, 0.15) is 23.2 Å². The van der Waals surface area contributed by atoms with Gasteiger partial charge in [-0.2, -0.15) is 0 Å². The Kier molecular flexibility index (Phi) is 7.91. The number of piperazine rings is 1. The minimum atomic E-state index is -0.431. The van der Waals surface area contributed by atoms with Crippen LogP contribution in [0.3, 0.4) is 0 Å². The van der Waals surface area contributed by atoms with E-state index in [1.54, 1.807) is 36.3 Å². The van der Waals surface area contributed by atoms with Crippen molar-refractivity contribution >= 4 is 35.8 Å². The number of halogens is 2. The fraction of sp³-hybridized carbons (Fsp3) is 0.579. The average molecular weight is 416 g/mol. The molecule has 1 N–H and O–H groups in total. The molecule has 0 aromatic heterocycles. The summed E-state index contributed by atoms with van der Waals surface area (Å²) in [6.07, 6.45) is 1.59. The van der Waals surface area contributed by atoms with E-state index < -0.39 is 5.41 Å². The summed E-state index contributed by atoms with van der Waals surface area (Å²) in [5, 5.41) is 3.86. The molecule has 0 aliphatic carbocycles. The molecule has 27 heavy (non-hydrogen) atoms. The van der Waals surface area contributed by atoms with Crippen LogP contribution in [0, 0.1) is 5.41 Å². The van der Waals surface area contributed by atoms with Crippen LogP contribution >= 0.6 is 24.0 Å². The van der Waals surface area contributed by atoms with Crippen LogP contribution in [-0.2, 0) is 9.53 Å². The van der Waals surface area contributed by atoms with Gasteiger partial charge in [-0.15, -0.1) is 12.4 Å². The van der Waals surface area contributed by atoms with Crippen molar-refractivity contribution in [3.05, 3.63) is 34.9 Å². The van der Waals surface area contributed by atoms with Gasteiger partial charge in [0.05, 0.1) is 12.0 Å². The lowest BCUT2D eigenvalue weighted by atomic mass is 9.78. The van der Waals surface area contributed by atoms with Crippen molar-refractivity contribution in [2.75, 3.05) is 53.0 Å². The van der Waals surface area contributed by atoms with Gasteiger partial charge >= 0.3 is 0 Å². The maximum Gasteiger partial charge on any atom is 0.254 e. The van der Waals surface area contributed by atoms with E-state index in [-0.39, 0.29) is 24.2 Å². The Balaban J connectivity index is 0.00000261. The highest BCUT2D eigenvalue weighted by atomic mass is 35.5. The molecule has 2 saturated heterocycles. The molecule has 0 bridgehead atoms. The Bertz CT molecular complexity index is 652. The molecule has 2 aliphatic rings. The quantitative estimate of drug-likeness (QED) is 0.817. The zero-order chi connectivity index (χ0) is 18.6. The van der Waals surface area contributed by atoms with E-state index in [4.69, 9.17) is 16.3 Å². The van der Waals surface area contributed by atoms with Crippen molar-refractivity contribution in [3.8, 4) is 0 Å². The van der Waals surface area contributed by atoms with Gasteiger partial charge in [0, 0.05) is 43.9 Å². The van der Waals surface area contributed by atoms with E-state index >= 15 is 0 Å². The van der Waals surface area contributed by atoms with Gasteiger partial charge in [0.1, 0.15) is 0 Å². The first-order chi connectivity index (χ1) is 12.6. The molecule has 8 heteroatoms. The molecule has 2 amide bonds. The number of carbonyl (C=O) groups excluding carboxylic acids is 2. The molecule has 0 atom stereocenters. The van der Waals surface area contributed by atoms with Crippen molar-refractivity contribution in [1.82, 2.24) is 15.1 Å². The summed E-state index contributed by atoms with van der Waals surface area (Å²) >= 11 is 5.98. The lowest BCUT2D eigenvalue weighted by Gasteiger charge is -2.42. The minimum absolute atomic E-state index is 0. The average Bonchev–Trinajstić information content (AvgIpc) is 2.68. The number of amides is 2. The Labute approximate surface area is 171 Å². The van der Waals surface area contributed by atoms with Crippen LogP contribution in [0.4, 0.5) is 0 Å². The monoisotopic (exact) mass is 415 g/mol. The number of carbonyl (C=O) groups is 2. The van der Waals surface area contributed by atoms with Gasteiger partial charge in [0.25, 0.3) is 5.91 Å². The maximum absolute atomic E-state index is 13.2. The van der Waals surface area contributed by atoms with Gasteiger partial charge in [0.2, 0.25) is 5.91 Å². The van der Waals surface area contributed by atoms with Gasteiger partial charge in [-0.1, -0.05) is 17.7 Å². The third-order valence-corrected chi connectivity index (χ3v) is 5.60. The summed E-state index contributed by atoms with van der Waals surface area (Å²) in [5.74, 6) is 0.128. The van der Waals surface area contributed by atoms with Crippen molar-refractivity contribution in [2.45, 2.75) is 12.8 Å². The Morgan fingerprint density at radius 1 is 1.15 bits per heavy atom. The number of nitrogens with one attached hydrogen (secondary N) is 1. The number of piperidine rings is 1. The predicted octanol–water partition coefficient (Wildman–Crippen LogP) is 2.06. The molecule has 0 unspecified atom stereocenters. The molecular formula is C19H27Cl2N3O3. The number of methoxy groups -OCH3 is 1. The first-order valence-electron chi connectivity index (χ1n) is 9.10. The minimum Gasteiger partial charge on any atom is -0.384 e. The number of benzene rings is 1. The van der Waals surface area contributed by atoms with Crippen LogP contribution in [0.15, 0.2) is 24.3 Å². The van der Waals surface area contributed by atoms with Gasteiger partial charge in [-0.3, -0.25) is 9.59 Å². The fourth-order valence-corrected chi connectivity index (χ4v) is 4.04. The molecule has 3 rings (SSSR count). The number of rotatable bonds is 4. The largest absolute Gasteiger partial charge is 0.384 e. The van der Waals surface area contributed by atoms with Gasteiger partial charge in [-0.25, -0.2) is 0 Å². The highest BCUT2D eigenvalue weighted by Crippen LogP contribution is 2.32. The molecule has 0 saturated carbocycles. The van der Waals surface area contributed by atoms with E-state index in [1.807, 2.05) is 4.90 Å². The second-order valence-corrected chi connectivity index (χ2v) is 7.49. The maximum atomic E-state index is 13.2. The van der Waals surface area contributed by atoms with E-state index in [9.17, 15) is 9.59 Å². The number of hydrogen-bond donors (Lipinski definition) is 1. The topological polar surface area (TPSA) is 61.9 Å². The molecule has 1 aromatic carbocycles. The molecule has 2 aliphatic heterocycles. The molecule has 2 fully saturated rings. The molecule has 150 valence electrons. The summed E-state index contributed by atoms with van der Waals surface area (Å²) < 4.78 is 5.37. The number of hydrogen-bond acceptors (Lipinski definition) is 4. The molecular weight excluding hydrogens is 389 g/mol. The molecule has 0 radical (unpaired) electrons. The standard InChI is InChI=1S/C19H26ClN3O3.ClH/c1-26-14-19(5-7-21-8-6-19)18(25)23-11-9-22(10-12-23)17(24)15-3-2-4-16(20)13-15;/h2-4,13,21H,5-12,14H2,1H3;1H. The van der Waals surface area contributed by atoms with Crippen molar-refractivity contribution in [2.24, 2.45) is 5.41 Å². The Hall–Kier alpha value is -1.34. The lowest BCUT2D eigenvalue weighted by Crippen LogP contribution is -2.57. The number of nitrogens with zero attached hydrogens (tertiary/aromatic N) is 2. The van der Waals surface area contributed by atoms with Crippen molar-refractivity contribution in [3.63, 3.8) is 0 Å². The van der Waals surface area contributed by atoms with Crippen LogP contribution in [0.5, 0.6) is 0 Å². The fourth-order valence-electron chi connectivity index (χ4n) is 3.85. The van der Waals surface area contributed by atoms with Gasteiger partial charge in [-0.05, 0) is 44.1 Å². The summed E-state index contributed by atoms with van der Waals surface area (Å²) in [6, 6.07) is 6.99. The van der Waals surface area contributed by atoms with Crippen LogP contribution < -0.4 is 5.32 Å². The van der Waals surface area contributed by atoms with E-state index in [1.165, 1.54) is 0 Å². The van der Waals surface area contributed by atoms with Gasteiger partial charge < -0.3 is 19.9 Å². The zero-order valence-corrected chi connectivity index (χ0v) is 17.2. The second-order valence-electron chi connectivity index (χ2n) is 7.06. The molecule has 0 spiro atoms. The second kappa shape index (κ2) is 9.73. The van der Waals surface area contributed by atoms with E-state index in [2.05, 4.69) is 5.32 Å². The van der Waals surface area contributed by atoms with E-state index in [0.717, 1.165) is 25.9 Å². The summed E-state index contributed by atoms with van der Waals surface area (Å²) in [6.45, 7) is 4.32. The van der Waals surface area contributed by atoms with Crippen LogP contribution in [-0.4, -0.2) is 74.6 Å². The lowest BCUT2D eigenvalue weighted by molar-refractivity contribution is -0.149. The van der Waals surface area contributed by atoms with Crippen LogP contribution in [0.2, 0.25) is 5.02 Å². The Morgan fingerprint density at radius 2 is 1.78 bits per heavy atom. The molecule has 2 heterocycles. The first-order valence-corrected chi connectivity index (χ1v) is 9.47. The first kappa shape index (κ1) is 22.0. The molecule has 6 nitrogen and oxygen atoms in total. The third-order valence-electron chi connectivity index (χ3n) is 5.36. The summed E-state index contributed by atoms with van der Waals surface area (Å²) in [4.78, 5) is 29.5. The third kappa shape index (κ3) is 4.93.